The summed E-state index contributed by atoms with van der Waals surface area (Å²) in [6, 6.07) is 7.29. The van der Waals surface area contributed by atoms with Gasteiger partial charge < -0.3 is 15.4 Å². The average Bonchev–Trinajstić information content (AvgIpc) is 2.29. The van der Waals surface area contributed by atoms with Gasteiger partial charge in [-0.25, -0.2) is 4.79 Å². The van der Waals surface area contributed by atoms with Gasteiger partial charge >= 0.3 is 6.03 Å². The first-order valence-electron chi connectivity index (χ1n) is 5.87. The molecular weight excluding hydrogens is 216 g/mol. The van der Waals surface area contributed by atoms with E-state index in [1.54, 1.807) is 13.2 Å². The van der Waals surface area contributed by atoms with Gasteiger partial charge in [0.2, 0.25) is 0 Å². The Morgan fingerprint density at radius 3 is 2.88 bits per heavy atom. The van der Waals surface area contributed by atoms with Crippen molar-refractivity contribution in [3.8, 4) is 5.75 Å². The predicted octanol–water partition coefficient (Wildman–Crippen LogP) is 3.01. The van der Waals surface area contributed by atoms with Crippen molar-refractivity contribution in [3.05, 3.63) is 24.3 Å². The molecule has 0 aliphatic heterocycles. The number of methoxy groups -OCH3 is 1. The molecule has 1 aromatic carbocycles. The SMILES string of the molecule is CCCC(C)NC(=O)Nc1cccc(OC)c1. The molecule has 94 valence electrons. The lowest BCUT2D eigenvalue weighted by molar-refractivity contribution is 0.248. The molecule has 17 heavy (non-hydrogen) atoms. The van der Waals surface area contributed by atoms with Crippen molar-refractivity contribution < 1.29 is 9.53 Å². The minimum absolute atomic E-state index is 0.181. The number of anilines is 1. The molecule has 0 aliphatic carbocycles. The molecular formula is C13H20N2O2. The molecule has 1 unspecified atom stereocenters. The normalized spacial score (nSPS) is 11.7. The molecule has 0 aliphatic rings. The number of ether oxygens (including phenoxy) is 1. The summed E-state index contributed by atoms with van der Waals surface area (Å²) < 4.78 is 5.08. The van der Waals surface area contributed by atoms with Crippen LogP contribution in [-0.2, 0) is 0 Å². The number of hydrogen-bond acceptors (Lipinski definition) is 2. The number of rotatable bonds is 5. The van der Waals surface area contributed by atoms with Crippen molar-refractivity contribution in [1.82, 2.24) is 5.32 Å². The molecule has 1 atom stereocenters. The lowest BCUT2D eigenvalue weighted by Gasteiger charge is -2.13. The fraction of sp³-hybridized carbons (Fsp3) is 0.462. The van der Waals surface area contributed by atoms with Gasteiger partial charge in [-0.3, -0.25) is 0 Å². The van der Waals surface area contributed by atoms with E-state index < -0.39 is 0 Å². The molecule has 0 bridgehead atoms. The second kappa shape index (κ2) is 6.78. The molecule has 4 heteroatoms. The van der Waals surface area contributed by atoms with Crippen molar-refractivity contribution in [2.45, 2.75) is 32.7 Å². The summed E-state index contributed by atoms with van der Waals surface area (Å²) in [5.41, 5.74) is 0.727. The summed E-state index contributed by atoms with van der Waals surface area (Å²) in [4.78, 5) is 11.6. The number of hydrogen-bond donors (Lipinski definition) is 2. The maximum absolute atomic E-state index is 11.6. The number of nitrogens with one attached hydrogen (secondary N) is 2. The first-order valence-corrected chi connectivity index (χ1v) is 5.87. The smallest absolute Gasteiger partial charge is 0.319 e. The molecule has 0 radical (unpaired) electrons. The van der Waals surface area contributed by atoms with E-state index in [4.69, 9.17) is 4.74 Å². The summed E-state index contributed by atoms with van der Waals surface area (Å²) in [5, 5.41) is 5.65. The molecule has 0 heterocycles. The number of urea groups is 1. The quantitative estimate of drug-likeness (QED) is 0.825. The van der Waals surface area contributed by atoms with Crippen molar-refractivity contribution in [2.24, 2.45) is 0 Å². The molecule has 2 amide bonds. The molecule has 0 saturated carbocycles. The van der Waals surface area contributed by atoms with Gasteiger partial charge in [-0.1, -0.05) is 19.4 Å². The molecule has 0 saturated heterocycles. The Labute approximate surface area is 102 Å². The lowest BCUT2D eigenvalue weighted by atomic mass is 10.2. The van der Waals surface area contributed by atoms with Crippen molar-refractivity contribution >= 4 is 11.7 Å². The highest BCUT2D eigenvalue weighted by molar-refractivity contribution is 5.89. The van der Waals surface area contributed by atoms with Crippen LogP contribution in [-0.4, -0.2) is 19.2 Å². The molecule has 4 nitrogen and oxygen atoms in total. The van der Waals surface area contributed by atoms with E-state index in [0.29, 0.717) is 0 Å². The number of amides is 2. The van der Waals surface area contributed by atoms with Crippen molar-refractivity contribution in [3.63, 3.8) is 0 Å². The van der Waals surface area contributed by atoms with Crippen LogP contribution < -0.4 is 15.4 Å². The number of carbonyl (C=O) groups excluding carboxylic acids is 1. The van der Waals surface area contributed by atoms with E-state index in [1.807, 2.05) is 25.1 Å². The summed E-state index contributed by atoms with van der Waals surface area (Å²) in [6.45, 7) is 4.09. The van der Waals surface area contributed by atoms with Gasteiger partial charge in [0.25, 0.3) is 0 Å². The highest BCUT2D eigenvalue weighted by atomic mass is 16.5. The largest absolute Gasteiger partial charge is 0.497 e. The standard InChI is InChI=1S/C13H20N2O2/c1-4-6-10(2)14-13(16)15-11-7-5-8-12(9-11)17-3/h5,7-10H,4,6H2,1-3H3,(H2,14,15,16). The molecule has 0 aromatic heterocycles. The van der Waals surface area contributed by atoms with Crippen LogP contribution in [0.1, 0.15) is 26.7 Å². The molecule has 1 aromatic rings. The van der Waals surface area contributed by atoms with Crippen LogP contribution in [0, 0.1) is 0 Å². The Bertz CT molecular complexity index is 366. The fourth-order valence-electron chi connectivity index (χ4n) is 1.60. The second-order valence-electron chi connectivity index (χ2n) is 4.02. The highest BCUT2D eigenvalue weighted by Gasteiger charge is 2.06. The van der Waals surface area contributed by atoms with Crippen LogP contribution in [0.4, 0.5) is 10.5 Å². The third-order valence-electron chi connectivity index (χ3n) is 2.43. The maximum atomic E-state index is 11.6. The Hall–Kier alpha value is -1.71. The molecule has 2 N–H and O–H groups in total. The fourth-order valence-corrected chi connectivity index (χ4v) is 1.60. The Kier molecular flexibility index (Phi) is 5.33. The topological polar surface area (TPSA) is 50.4 Å². The van der Waals surface area contributed by atoms with E-state index in [1.165, 1.54) is 0 Å². The minimum Gasteiger partial charge on any atom is -0.497 e. The van der Waals surface area contributed by atoms with Gasteiger partial charge in [-0.15, -0.1) is 0 Å². The zero-order valence-corrected chi connectivity index (χ0v) is 10.6. The molecule has 0 fully saturated rings. The van der Waals surface area contributed by atoms with E-state index in [-0.39, 0.29) is 12.1 Å². The zero-order valence-electron chi connectivity index (χ0n) is 10.6. The minimum atomic E-state index is -0.181. The Morgan fingerprint density at radius 1 is 1.47 bits per heavy atom. The van der Waals surface area contributed by atoms with Crippen molar-refractivity contribution in [2.75, 3.05) is 12.4 Å². The predicted molar refractivity (Wildman–Crippen MR) is 69.5 cm³/mol. The van der Waals surface area contributed by atoms with Crippen LogP contribution in [0.2, 0.25) is 0 Å². The van der Waals surface area contributed by atoms with E-state index in [0.717, 1.165) is 24.3 Å². The van der Waals surface area contributed by atoms with Gasteiger partial charge in [0.1, 0.15) is 5.75 Å². The Morgan fingerprint density at radius 2 is 2.24 bits per heavy atom. The van der Waals surface area contributed by atoms with Crippen LogP contribution >= 0.6 is 0 Å². The zero-order chi connectivity index (χ0) is 12.7. The van der Waals surface area contributed by atoms with Crippen LogP contribution in [0.15, 0.2) is 24.3 Å². The Balaban J connectivity index is 2.49. The van der Waals surface area contributed by atoms with E-state index in [2.05, 4.69) is 17.6 Å². The lowest BCUT2D eigenvalue weighted by Crippen LogP contribution is -2.35. The average molecular weight is 236 g/mol. The number of benzene rings is 1. The second-order valence-corrected chi connectivity index (χ2v) is 4.02. The van der Waals surface area contributed by atoms with E-state index >= 15 is 0 Å². The van der Waals surface area contributed by atoms with Gasteiger partial charge in [-0.2, -0.15) is 0 Å². The van der Waals surface area contributed by atoms with Crippen LogP contribution in [0.3, 0.4) is 0 Å². The summed E-state index contributed by atoms with van der Waals surface area (Å²) >= 11 is 0. The first-order chi connectivity index (χ1) is 8.15. The summed E-state index contributed by atoms with van der Waals surface area (Å²) in [5.74, 6) is 0.726. The number of carbonyl (C=O) groups is 1. The van der Waals surface area contributed by atoms with Gasteiger partial charge in [0.05, 0.1) is 7.11 Å². The summed E-state index contributed by atoms with van der Waals surface area (Å²) in [6.07, 6.45) is 2.03. The van der Waals surface area contributed by atoms with Crippen molar-refractivity contribution in [1.29, 1.82) is 0 Å². The van der Waals surface area contributed by atoms with Crippen LogP contribution in [0.5, 0.6) is 5.75 Å². The maximum Gasteiger partial charge on any atom is 0.319 e. The third-order valence-corrected chi connectivity index (χ3v) is 2.43. The van der Waals surface area contributed by atoms with E-state index in [9.17, 15) is 4.79 Å². The highest BCUT2D eigenvalue weighted by Crippen LogP contribution is 2.16. The third kappa shape index (κ3) is 4.76. The summed E-state index contributed by atoms with van der Waals surface area (Å²) in [7, 11) is 1.60. The van der Waals surface area contributed by atoms with Crippen LogP contribution in [0.25, 0.3) is 0 Å². The monoisotopic (exact) mass is 236 g/mol. The molecule has 1 rings (SSSR count). The van der Waals surface area contributed by atoms with Gasteiger partial charge in [0, 0.05) is 17.8 Å². The molecule has 0 spiro atoms. The van der Waals surface area contributed by atoms with Gasteiger partial charge in [-0.05, 0) is 25.5 Å². The first kappa shape index (κ1) is 13.4. The van der Waals surface area contributed by atoms with Gasteiger partial charge in [0.15, 0.2) is 0 Å².